The molecule has 1 N–H and O–H groups in total. The number of anilines is 1. The monoisotopic (exact) mass is 476 g/mol. The highest BCUT2D eigenvalue weighted by atomic mass is 32.2. The summed E-state index contributed by atoms with van der Waals surface area (Å²) in [5.41, 5.74) is 4.25. The van der Waals surface area contributed by atoms with Crippen LogP contribution in [0, 0.1) is 11.8 Å². The molecule has 0 aromatic heterocycles. The predicted octanol–water partition coefficient (Wildman–Crippen LogP) is 4.69. The van der Waals surface area contributed by atoms with E-state index in [0.717, 1.165) is 23.1 Å². The first-order valence-electron chi connectivity index (χ1n) is 11.0. The van der Waals surface area contributed by atoms with Gasteiger partial charge in [0.25, 0.3) is 0 Å². The molecule has 176 valence electrons. The van der Waals surface area contributed by atoms with E-state index in [0.29, 0.717) is 5.69 Å². The topological polar surface area (TPSA) is 89.9 Å². The van der Waals surface area contributed by atoms with Crippen molar-refractivity contribution in [2.75, 3.05) is 10.9 Å². The lowest BCUT2D eigenvalue weighted by Gasteiger charge is -2.26. The van der Waals surface area contributed by atoms with Gasteiger partial charge in [-0.3, -0.25) is 8.51 Å². The van der Waals surface area contributed by atoms with Crippen molar-refractivity contribution in [2.45, 2.75) is 32.7 Å². The van der Waals surface area contributed by atoms with Gasteiger partial charge in [-0.15, -0.1) is 0 Å². The molecule has 0 aliphatic heterocycles. The number of rotatable bonds is 10. The quantitative estimate of drug-likeness (QED) is 0.339. The minimum atomic E-state index is -2.53. The smallest absolute Gasteiger partial charge is 0.341 e. The lowest BCUT2D eigenvalue weighted by atomic mass is 10.1. The van der Waals surface area contributed by atoms with Crippen LogP contribution in [0.15, 0.2) is 72.8 Å². The maximum Gasteiger partial charge on any atom is 0.341 e. The molecule has 0 aliphatic carbocycles. The number of carboxylic acids is 1. The molecule has 7 heteroatoms. The lowest BCUT2D eigenvalue weighted by Crippen LogP contribution is -2.24. The zero-order valence-electron chi connectivity index (χ0n) is 18.9. The number of hydrogen-bond donors (Lipinski definition) is 1. The molecule has 0 radical (unpaired) electrons. The van der Waals surface area contributed by atoms with Crippen molar-refractivity contribution < 1.29 is 23.4 Å². The van der Waals surface area contributed by atoms with Gasteiger partial charge in [-0.25, -0.2) is 4.79 Å². The molecule has 0 bridgehead atoms. The standard InChI is InChI=1S/C27H27NO5S/c1-2-3-5-21-8-10-22(11-9-21)12-13-23-14-16-24(17-15-23)19-28(34(31)32)25-6-4-7-26(18-25)33-20-27(29)30/h4,6-11,14-18H,2-3,5,19-20H2,1H3,(H,29,30)(H,31,32)/p-1. The van der Waals surface area contributed by atoms with Crippen LogP contribution in [0.2, 0.25) is 0 Å². The Labute approximate surface area is 202 Å². The predicted molar refractivity (Wildman–Crippen MR) is 132 cm³/mol. The third kappa shape index (κ3) is 7.77. The van der Waals surface area contributed by atoms with E-state index in [2.05, 4.69) is 30.9 Å². The molecule has 6 nitrogen and oxygen atoms in total. The van der Waals surface area contributed by atoms with Crippen LogP contribution >= 0.6 is 0 Å². The number of ether oxygens (including phenoxy) is 1. The van der Waals surface area contributed by atoms with E-state index in [1.807, 2.05) is 36.4 Å². The summed E-state index contributed by atoms with van der Waals surface area (Å²) in [7, 11) is 0. The van der Waals surface area contributed by atoms with E-state index >= 15 is 0 Å². The summed E-state index contributed by atoms with van der Waals surface area (Å²) in [6, 6.07) is 22.0. The van der Waals surface area contributed by atoms with Gasteiger partial charge in [0.05, 0.1) is 12.2 Å². The fraction of sp³-hybridized carbons (Fsp3) is 0.222. The van der Waals surface area contributed by atoms with Gasteiger partial charge in [0.15, 0.2) is 6.61 Å². The van der Waals surface area contributed by atoms with Crippen LogP contribution in [-0.2, 0) is 29.0 Å². The van der Waals surface area contributed by atoms with E-state index in [-0.39, 0.29) is 12.3 Å². The number of benzene rings is 3. The van der Waals surface area contributed by atoms with Crippen LogP contribution in [0.4, 0.5) is 5.69 Å². The van der Waals surface area contributed by atoms with Crippen molar-refractivity contribution in [1.29, 1.82) is 0 Å². The Hall–Kier alpha value is -3.60. The molecule has 3 aromatic carbocycles. The van der Waals surface area contributed by atoms with Gasteiger partial charge >= 0.3 is 5.97 Å². The Morgan fingerprint density at radius 1 is 1.00 bits per heavy atom. The molecule has 1 unspecified atom stereocenters. The molecular formula is C27H26NO5S-. The number of hydrogen-bond acceptors (Lipinski definition) is 4. The second kappa shape index (κ2) is 12.6. The molecule has 0 aliphatic rings. The van der Waals surface area contributed by atoms with Crippen molar-refractivity contribution in [3.63, 3.8) is 0 Å². The van der Waals surface area contributed by atoms with Gasteiger partial charge in [-0.2, -0.15) is 0 Å². The molecule has 3 aromatic rings. The van der Waals surface area contributed by atoms with Gasteiger partial charge in [0.2, 0.25) is 0 Å². The van der Waals surface area contributed by atoms with E-state index < -0.39 is 23.8 Å². The number of unbranched alkanes of at least 4 members (excludes halogenated alkanes) is 1. The summed E-state index contributed by atoms with van der Waals surface area (Å²) in [4.78, 5) is 10.7. The first kappa shape index (κ1) is 25.0. The molecule has 0 heterocycles. The first-order chi connectivity index (χ1) is 16.4. The van der Waals surface area contributed by atoms with E-state index in [4.69, 9.17) is 9.84 Å². The zero-order chi connectivity index (χ0) is 24.3. The van der Waals surface area contributed by atoms with Gasteiger partial charge < -0.3 is 14.4 Å². The number of aryl methyl sites for hydroxylation is 1. The second-order valence-corrected chi connectivity index (χ2v) is 8.56. The molecule has 3 rings (SSSR count). The van der Waals surface area contributed by atoms with E-state index in [1.165, 1.54) is 28.8 Å². The highest BCUT2D eigenvalue weighted by Gasteiger charge is 2.10. The minimum Gasteiger partial charge on any atom is -0.755 e. The Bertz CT molecular complexity index is 1180. The van der Waals surface area contributed by atoms with Crippen molar-refractivity contribution in [1.82, 2.24) is 0 Å². The number of carboxylic acid groups (broad SMARTS) is 1. The molecule has 0 saturated heterocycles. The average molecular weight is 477 g/mol. The van der Waals surface area contributed by atoms with Crippen LogP contribution < -0.4 is 9.04 Å². The Balaban J connectivity index is 1.67. The zero-order valence-corrected chi connectivity index (χ0v) is 19.7. The normalized spacial score (nSPS) is 11.2. The van der Waals surface area contributed by atoms with Crippen LogP contribution in [-0.4, -0.2) is 26.4 Å². The van der Waals surface area contributed by atoms with Gasteiger partial charge in [0, 0.05) is 28.5 Å². The van der Waals surface area contributed by atoms with Gasteiger partial charge in [-0.05, 0) is 60.4 Å². The molecule has 0 amide bonds. The number of aliphatic carboxylic acids is 1. The van der Waals surface area contributed by atoms with Crippen molar-refractivity contribution in [2.24, 2.45) is 0 Å². The van der Waals surface area contributed by atoms with Crippen LogP contribution in [0.5, 0.6) is 5.75 Å². The summed E-state index contributed by atoms with van der Waals surface area (Å²) in [6.45, 7) is 1.79. The van der Waals surface area contributed by atoms with Crippen LogP contribution in [0.25, 0.3) is 0 Å². The number of carbonyl (C=O) groups is 1. The fourth-order valence-corrected chi connectivity index (χ4v) is 3.78. The highest BCUT2D eigenvalue weighted by Crippen LogP contribution is 2.24. The summed E-state index contributed by atoms with van der Waals surface area (Å²) < 4.78 is 30.0. The molecule has 1 atom stereocenters. The van der Waals surface area contributed by atoms with Crippen molar-refractivity contribution in [3.8, 4) is 17.6 Å². The van der Waals surface area contributed by atoms with Crippen LogP contribution in [0.1, 0.15) is 42.0 Å². The SMILES string of the molecule is CCCCc1ccc(C#Cc2ccc(CN(c3cccc(OCC(=O)O)c3)S(=O)[O-])cc2)cc1. The third-order valence-electron chi connectivity index (χ3n) is 5.05. The number of nitrogens with zero attached hydrogens (tertiary/aromatic N) is 1. The van der Waals surface area contributed by atoms with Crippen LogP contribution in [0.3, 0.4) is 0 Å². The summed E-state index contributed by atoms with van der Waals surface area (Å²) in [5.74, 6) is 5.47. The van der Waals surface area contributed by atoms with Gasteiger partial charge in [-0.1, -0.05) is 55.5 Å². The van der Waals surface area contributed by atoms with Gasteiger partial charge in [0.1, 0.15) is 5.75 Å². The average Bonchev–Trinajstić information content (AvgIpc) is 2.85. The first-order valence-corrected chi connectivity index (χ1v) is 12.0. The largest absolute Gasteiger partial charge is 0.755 e. The summed E-state index contributed by atoms with van der Waals surface area (Å²) in [5, 5.41) is 8.76. The molecule has 34 heavy (non-hydrogen) atoms. The maximum absolute atomic E-state index is 11.9. The van der Waals surface area contributed by atoms with Crippen molar-refractivity contribution in [3.05, 3.63) is 95.1 Å². The highest BCUT2D eigenvalue weighted by molar-refractivity contribution is 7.80. The second-order valence-electron chi connectivity index (χ2n) is 7.68. The fourth-order valence-electron chi connectivity index (χ4n) is 3.24. The third-order valence-corrected chi connectivity index (χ3v) is 5.75. The minimum absolute atomic E-state index is 0.116. The molecular weight excluding hydrogens is 450 g/mol. The molecule has 0 spiro atoms. The van der Waals surface area contributed by atoms with E-state index in [9.17, 15) is 13.6 Å². The molecule has 0 saturated carbocycles. The van der Waals surface area contributed by atoms with E-state index in [1.54, 1.807) is 18.2 Å². The molecule has 0 fully saturated rings. The van der Waals surface area contributed by atoms with Crippen molar-refractivity contribution >= 4 is 22.9 Å². The Morgan fingerprint density at radius 3 is 2.18 bits per heavy atom. The Morgan fingerprint density at radius 2 is 1.62 bits per heavy atom. The maximum atomic E-state index is 11.9. The summed E-state index contributed by atoms with van der Waals surface area (Å²) >= 11 is -2.53. The lowest BCUT2D eigenvalue weighted by molar-refractivity contribution is -0.139. The summed E-state index contributed by atoms with van der Waals surface area (Å²) in [6.07, 6.45) is 3.43. The Kier molecular flexibility index (Phi) is 9.27.